The second-order valence-electron chi connectivity index (χ2n) is 4.53. The van der Waals surface area contributed by atoms with Gasteiger partial charge in [-0.25, -0.2) is 0 Å². The van der Waals surface area contributed by atoms with E-state index in [0.717, 1.165) is 13.2 Å². The molecule has 2 nitrogen and oxygen atoms in total. The molecule has 0 bridgehead atoms. The molecule has 1 saturated heterocycles. The molecule has 1 fully saturated rings. The average Bonchev–Trinajstić information content (AvgIpc) is 2.26. The van der Waals surface area contributed by atoms with Gasteiger partial charge in [-0.2, -0.15) is 0 Å². The van der Waals surface area contributed by atoms with E-state index in [-0.39, 0.29) is 0 Å². The molecule has 1 aliphatic heterocycles. The van der Waals surface area contributed by atoms with Crippen molar-refractivity contribution in [3.63, 3.8) is 0 Å². The lowest BCUT2D eigenvalue weighted by molar-refractivity contribution is 0.0211. The Morgan fingerprint density at radius 3 is 2.50 bits per heavy atom. The molecule has 1 heterocycles. The fourth-order valence-electron chi connectivity index (χ4n) is 1.90. The van der Waals surface area contributed by atoms with Crippen LogP contribution in [0.5, 0.6) is 0 Å². The first-order chi connectivity index (χ1) is 7.88. The summed E-state index contributed by atoms with van der Waals surface area (Å²) in [4.78, 5) is 0. The molecule has 16 heavy (non-hydrogen) atoms. The van der Waals surface area contributed by atoms with Crippen LogP contribution in [0.1, 0.15) is 31.7 Å². The van der Waals surface area contributed by atoms with Crippen LogP contribution in [0.15, 0.2) is 24.3 Å². The van der Waals surface area contributed by atoms with Crippen molar-refractivity contribution in [1.82, 2.24) is 0 Å². The monoisotopic (exact) mass is 219 g/mol. The number of anilines is 1. The van der Waals surface area contributed by atoms with E-state index in [2.05, 4.69) is 36.5 Å². The molecule has 88 valence electrons. The Morgan fingerprint density at radius 2 is 1.94 bits per heavy atom. The lowest BCUT2D eigenvalue weighted by Crippen LogP contribution is -2.40. The third-order valence-electron chi connectivity index (χ3n) is 3.03. The van der Waals surface area contributed by atoms with Crippen molar-refractivity contribution in [3.05, 3.63) is 29.8 Å². The molecule has 0 aliphatic carbocycles. The fourth-order valence-corrected chi connectivity index (χ4v) is 1.90. The van der Waals surface area contributed by atoms with Crippen LogP contribution in [0.3, 0.4) is 0 Å². The Bertz CT molecular complexity index is 303. The number of hydrogen-bond donors (Lipinski definition) is 1. The molecular weight excluding hydrogens is 198 g/mol. The van der Waals surface area contributed by atoms with E-state index in [1.165, 1.54) is 36.9 Å². The molecule has 0 unspecified atom stereocenters. The van der Waals surface area contributed by atoms with Gasteiger partial charge in [-0.3, -0.25) is 0 Å². The van der Waals surface area contributed by atoms with Gasteiger partial charge in [0.15, 0.2) is 0 Å². The molecule has 0 amide bonds. The van der Waals surface area contributed by atoms with Gasteiger partial charge < -0.3 is 10.1 Å². The van der Waals surface area contributed by atoms with Crippen LogP contribution in [0.25, 0.3) is 0 Å². The smallest absolute Gasteiger partial charge is 0.0728 e. The van der Waals surface area contributed by atoms with E-state index in [1.807, 2.05) is 0 Å². The normalized spacial score (nSPS) is 15.8. The van der Waals surface area contributed by atoms with E-state index in [9.17, 15) is 0 Å². The van der Waals surface area contributed by atoms with Gasteiger partial charge in [0.1, 0.15) is 0 Å². The highest BCUT2D eigenvalue weighted by molar-refractivity contribution is 5.45. The lowest BCUT2D eigenvalue weighted by atomic mass is 10.1. The van der Waals surface area contributed by atoms with Crippen molar-refractivity contribution in [2.24, 2.45) is 0 Å². The highest BCUT2D eigenvalue weighted by Gasteiger charge is 2.17. The van der Waals surface area contributed by atoms with E-state index < -0.39 is 0 Å². The lowest BCUT2D eigenvalue weighted by Gasteiger charge is -2.27. The summed E-state index contributed by atoms with van der Waals surface area (Å²) >= 11 is 0. The average molecular weight is 219 g/mol. The molecule has 0 spiro atoms. The van der Waals surface area contributed by atoms with Gasteiger partial charge in [0.2, 0.25) is 0 Å². The van der Waals surface area contributed by atoms with Gasteiger partial charge >= 0.3 is 0 Å². The zero-order chi connectivity index (χ0) is 11.2. The third kappa shape index (κ3) is 3.24. The first-order valence-corrected chi connectivity index (χ1v) is 6.31. The number of unbranched alkanes of at least 4 members (excludes halogenated alkanes) is 2. The Labute approximate surface area is 98.0 Å². The Kier molecular flexibility index (Phi) is 4.23. The number of ether oxygens (including phenoxy) is 1. The first-order valence-electron chi connectivity index (χ1n) is 6.31. The SMILES string of the molecule is CCCCCc1ccc(NC2COC2)cc1. The summed E-state index contributed by atoms with van der Waals surface area (Å²) in [6.07, 6.45) is 5.14. The van der Waals surface area contributed by atoms with Crippen molar-refractivity contribution in [1.29, 1.82) is 0 Å². The van der Waals surface area contributed by atoms with Gasteiger partial charge in [0.25, 0.3) is 0 Å². The topological polar surface area (TPSA) is 21.3 Å². The van der Waals surface area contributed by atoms with E-state index in [0.29, 0.717) is 6.04 Å². The van der Waals surface area contributed by atoms with Crippen LogP contribution >= 0.6 is 0 Å². The molecule has 2 rings (SSSR count). The first kappa shape index (κ1) is 11.5. The highest BCUT2D eigenvalue weighted by Crippen LogP contribution is 2.15. The molecular formula is C14H21NO. The number of aryl methyl sites for hydroxylation is 1. The second kappa shape index (κ2) is 5.90. The zero-order valence-corrected chi connectivity index (χ0v) is 10.0. The van der Waals surface area contributed by atoms with Crippen LogP contribution in [0.2, 0.25) is 0 Å². The van der Waals surface area contributed by atoms with Crippen molar-refractivity contribution in [2.75, 3.05) is 18.5 Å². The molecule has 0 saturated carbocycles. The summed E-state index contributed by atoms with van der Waals surface area (Å²) < 4.78 is 5.13. The Balaban J connectivity index is 1.78. The van der Waals surface area contributed by atoms with E-state index in [4.69, 9.17) is 4.74 Å². The Morgan fingerprint density at radius 1 is 1.19 bits per heavy atom. The molecule has 1 aromatic rings. The van der Waals surface area contributed by atoms with Gasteiger partial charge in [-0.1, -0.05) is 31.9 Å². The molecule has 2 heteroatoms. The van der Waals surface area contributed by atoms with Gasteiger partial charge in [-0.05, 0) is 30.5 Å². The van der Waals surface area contributed by atoms with Crippen molar-refractivity contribution in [3.8, 4) is 0 Å². The van der Waals surface area contributed by atoms with Crippen LogP contribution in [0, 0.1) is 0 Å². The quantitative estimate of drug-likeness (QED) is 0.742. The third-order valence-corrected chi connectivity index (χ3v) is 3.03. The minimum absolute atomic E-state index is 0.519. The van der Waals surface area contributed by atoms with Gasteiger partial charge in [-0.15, -0.1) is 0 Å². The number of benzene rings is 1. The summed E-state index contributed by atoms with van der Waals surface area (Å²) in [5, 5.41) is 3.45. The van der Waals surface area contributed by atoms with Gasteiger partial charge in [0.05, 0.1) is 19.3 Å². The summed E-state index contributed by atoms with van der Waals surface area (Å²) in [5.41, 5.74) is 2.66. The molecule has 1 aliphatic rings. The molecule has 0 atom stereocenters. The minimum atomic E-state index is 0.519. The predicted octanol–water partition coefficient (Wildman–Crippen LogP) is 3.23. The van der Waals surface area contributed by atoms with E-state index >= 15 is 0 Å². The largest absolute Gasteiger partial charge is 0.378 e. The Hall–Kier alpha value is -1.02. The summed E-state index contributed by atoms with van der Waals surface area (Å²) in [5.74, 6) is 0. The van der Waals surface area contributed by atoms with Crippen LogP contribution in [-0.4, -0.2) is 19.3 Å². The maximum absolute atomic E-state index is 5.13. The number of nitrogens with one attached hydrogen (secondary N) is 1. The standard InChI is InChI=1S/C14H21NO/c1-2-3-4-5-12-6-8-13(9-7-12)15-14-10-16-11-14/h6-9,14-15H,2-5,10-11H2,1H3. The molecule has 0 aromatic heterocycles. The van der Waals surface area contributed by atoms with Crippen LogP contribution in [-0.2, 0) is 11.2 Å². The van der Waals surface area contributed by atoms with Gasteiger partial charge in [0, 0.05) is 5.69 Å². The van der Waals surface area contributed by atoms with Crippen molar-refractivity contribution < 1.29 is 4.74 Å². The summed E-state index contributed by atoms with van der Waals surface area (Å²) in [7, 11) is 0. The van der Waals surface area contributed by atoms with Crippen LogP contribution in [0.4, 0.5) is 5.69 Å². The van der Waals surface area contributed by atoms with Crippen molar-refractivity contribution >= 4 is 5.69 Å². The van der Waals surface area contributed by atoms with E-state index in [1.54, 1.807) is 0 Å². The maximum Gasteiger partial charge on any atom is 0.0728 e. The minimum Gasteiger partial charge on any atom is -0.378 e. The second-order valence-corrected chi connectivity index (χ2v) is 4.53. The molecule has 1 aromatic carbocycles. The number of rotatable bonds is 6. The zero-order valence-electron chi connectivity index (χ0n) is 10.0. The summed E-state index contributed by atoms with van der Waals surface area (Å²) in [6, 6.07) is 9.35. The predicted molar refractivity (Wildman–Crippen MR) is 67.9 cm³/mol. The fraction of sp³-hybridized carbons (Fsp3) is 0.571. The van der Waals surface area contributed by atoms with Crippen LogP contribution < -0.4 is 5.32 Å². The maximum atomic E-state index is 5.13. The molecule has 0 radical (unpaired) electrons. The number of hydrogen-bond acceptors (Lipinski definition) is 2. The molecule has 1 N–H and O–H groups in total. The highest BCUT2D eigenvalue weighted by atomic mass is 16.5. The van der Waals surface area contributed by atoms with Crippen molar-refractivity contribution in [2.45, 2.75) is 38.6 Å². The summed E-state index contributed by atoms with van der Waals surface area (Å²) in [6.45, 7) is 3.93.